The van der Waals surface area contributed by atoms with Gasteiger partial charge in [0.05, 0.1) is 18.6 Å². The number of H-pyrrole nitrogens is 1. The predicted octanol–water partition coefficient (Wildman–Crippen LogP) is 3.13. The summed E-state index contributed by atoms with van der Waals surface area (Å²) in [7, 11) is 0. The number of alkyl carbamates (subject to hydrolysis) is 1. The van der Waals surface area contributed by atoms with Gasteiger partial charge in [-0.05, 0) is 38.2 Å². The van der Waals surface area contributed by atoms with E-state index in [1.165, 1.54) is 0 Å². The van der Waals surface area contributed by atoms with Gasteiger partial charge in [-0.25, -0.2) is 4.79 Å². The fourth-order valence-corrected chi connectivity index (χ4v) is 4.10. The second kappa shape index (κ2) is 8.87. The number of benzene rings is 1. The lowest BCUT2D eigenvalue weighted by Crippen LogP contribution is -2.47. The Morgan fingerprint density at radius 1 is 1.30 bits per heavy atom. The third-order valence-corrected chi connectivity index (χ3v) is 5.79. The normalized spacial score (nSPS) is 25.8. The molecule has 8 heteroatoms. The van der Waals surface area contributed by atoms with Gasteiger partial charge in [0.25, 0.3) is 0 Å². The van der Waals surface area contributed by atoms with Crippen molar-refractivity contribution in [2.24, 2.45) is 0 Å². The lowest BCUT2D eigenvalue weighted by Gasteiger charge is -2.24. The van der Waals surface area contributed by atoms with E-state index in [2.05, 4.69) is 20.8 Å². The van der Waals surface area contributed by atoms with Crippen LogP contribution in [-0.2, 0) is 20.7 Å². The van der Waals surface area contributed by atoms with E-state index in [0.29, 0.717) is 25.5 Å². The molecule has 0 radical (unpaired) electrons. The summed E-state index contributed by atoms with van der Waals surface area (Å²) >= 11 is 0. The largest absolute Gasteiger partial charge is 0.446 e. The number of ether oxygens (including phenoxy) is 2. The predicted molar refractivity (Wildman–Crippen MR) is 111 cm³/mol. The number of rotatable bonds is 6. The summed E-state index contributed by atoms with van der Waals surface area (Å²) in [6, 6.07) is 11.5. The van der Waals surface area contributed by atoms with Gasteiger partial charge >= 0.3 is 6.09 Å². The standard InChI is InChI=1S/C22H28N4O4/c1-22(9-10-29-14-22)24-21(28)30-17-8-7-16(12-17)18-13-19(26-25-18)23-20(27)11-15-5-3-2-4-6-15/h2-6,13,16-17H,7-12,14H2,1H3,(H,24,28)(H2,23,25,26,27)/t16-,17+,22?/m0/s1. The molecule has 160 valence electrons. The molecule has 2 aromatic rings. The Hall–Kier alpha value is -2.87. The van der Waals surface area contributed by atoms with E-state index in [-0.39, 0.29) is 29.6 Å². The van der Waals surface area contributed by atoms with Crippen LogP contribution in [0.4, 0.5) is 10.6 Å². The molecule has 1 aromatic carbocycles. The van der Waals surface area contributed by atoms with Crippen LogP contribution in [0, 0.1) is 0 Å². The summed E-state index contributed by atoms with van der Waals surface area (Å²) in [5, 5.41) is 13.0. The number of anilines is 1. The molecule has 3 atom stereocenters. The smallest absolute Gasteiger partial charge is 0.407 e. The molecule has 0 spiro atoms. The molecule has 1 saturated heterocycles. The molecule has 1 aromatic heterocycles. The van der Waals surface area contributed by atoms with E-state index >= 15 is 0 Å². The van der Waals surface area contributed by atoms with Crippen molar-refractivity contribution in [1.82, 2.24) is 15.5 Å². The first-order chi connectivity index (χ1) is 14.5. The van der Waals surface area contributed by atoms with Gasteiger partial charge in [0.15, 0.2) is 5.82 Å². The van der Waals surface area contributed by atoms with Crippen LogP contribution < -0.4 is 10.6 Å². The minimum absolute atomic E-state index is 0.104. The number of carbonyl (C=O) groups excluding carboxylic acids is 2. The van der Waals surface area contributed by atoms with Crippen LogP contribution in [0.2, 0.25) is 0 Å². The molecule has 2 aliphatic rings. The Morgan fingerprint density at radius 2 is 2.13 bits per heavy atom. The fraction of sp³-hybridized carbons (Fsp3) is 0.500. The van der Waals surface area contributed by atoms with Gasteiger partial charge in [-0.15, -0.1) is 0 Å². The van der Waals surface area contributed by atoms with Gasteiger partial charge in [0.1, 0.15) is 6.10 Å². The Morgan fingerprint density at radius 3 is 2.90 bits per heavy atom. The zero-order valence-corrected chi connectivity index (χ0v) is 17.1. The summed E-state index contributed by atoms with van der Waals surface area (Å²) in [5.74, 6) is 0.635. The zero-order chi connectivity index (χ0) is 21.0. The van der Waals surface area contributed by atoms with E-state index in [1.54, 1.807) is 0 Å². The fourth-order valence-electron chi connectivity index (χ4n) is 4.10. The molecule has 1 aliphatic carbocycles. The number of nitrogens with one attached hydrogen (secondary N) is 3. The minimum Gasteiger partial charge on any atom is -0.446 e. The molecule has 30 heavy (non-hydrogen) atoms. The maximum Gasteiger partial charge on any atom is 0.407 e. The Balaban J connectivity index is 1.25. The molecule has 1 saturated carbocycles. The van der Waals surface area contributed by atoms with Crippen molar-refractivity contribution >= 4 is 17.8 Å². The molecular formula is C22H28N4O4. The third-order valence-electron chi connectivity index (χ3n) is 5.79. The first-order valence-corrected chi connectivity index (χ1v) is 10.4. The summed E-state index contributed by atoms with van der Waals surface area (Å²) in [4.78, 5) is 24.4. The lowest BCUT2D eigenvalue weighted by atomic mass is 10.0. The second-order valence-electron chi connectivity index (χ2n) is 8.44. The number of nitrogens with zero attached hydrogens (tertiary/aromatic N) is 1. The van der Waals surface area contributed by atoms with Crippen molar-refractivity contribution in [3.63, 3.8) is 0 Å². The Kier molecular flexibility index (Phi) is 6.03. The highest BCUT2D eigenvalue weighted by Crippen LogP contribution is 2.36. The number of aromatic nitrogens is 2. The maximum atomic E-state index is 12.2. The van der Waals surface area contributed by atoms with Crippen molar-refractivity contribution in [1.29, 1.82) is 0 Å². The van der Waals surface area contributed by atoms with Gasteiger partial charge in [-0.2, -0.15) is 5.10 Å². The summed E-state index contributed by atoms with van der Waals surface area (Å²) < 4.78 is 11.0. The molecule has 0 bridgehead atoms. The number of amides is 2. The van der Waals surface area contributed by atoms with Gasteiger partial charge < -0.3 is 20.1 Å². The minimum atomic E-state index is -0.382. The number of hydrogen-bond donors (Lipinski definition) is 3. The maximum absolute atomic E-state index is 12.2. The molecule has 8 nitrogen and oxygen atoms in total. The Labute approximate surface area is 175 Å². The van der Waals surface area contributed by atoms with Crippen LogP contribution in [0.15, 0.2) is 36.4 Å². The van der Waals surface area contributed by atoms with Crippen molar-refractivity contribution in [2.45, 2.75) is 56.6 Å². The summed E-state index contributed by atoms with van der Waals surface area (Å²) in [6.45, 7) is 3.14. The monoisotopic (exact) mass is 412 g/mol. The molecule has 4 rings (SSSR count). The third kappa shape index (κ3) is 5.18. The van der Waals surface area contributed by atoms with Gasteiger partial charge in [0.2, 0.25) is 5.91 Å². The molecular weight excluding hydrogens is 384 g/mol. The highest BCUT2D eigenvalue weighted by atomic mass is 16.6. The summed E-state index contributed by atoms with van der Waals surface area (Å²) in [5.41, 5.74) is 1.57. The van der Waals surface area contributed by atoms with Crippen molar-refractivity contribution in [2.75, 3.05) is 18.5 Å². The van der Waals surface area contributed by atoms with E-state index in [9.17, 15) is 9.59 Å². The average molecular weight is 412 g/mol. The topological polar surface area (TPSA) is 105 Å². The average Bonchev–Trinajstić information content (AvgIpc) is 3.44. The Bertz CT molecular complexity index is 876. The van der Waals surface area contributed by atoms with Gasteiger partial charge in [-0.3, -0.25) is 9.89 Å². The van der Waals surface area contributed by atoms with Crippen LogP contribution >= 0.6 is 0 Å². The van der Waals surface area contributed by atoms with E-state index in [0.717, 1.165) is 36.9 Å². The van der Waals surface area contributed by atoms with E-state index in [4.69, 9.17) is 9.47 Å². The summed E-state index contributed by atoms with van der Waals surface area (Å²) in [6.07, 6.45) is 3.04. The highest BCUT2D eigenvalue weighted by Gasteiger charge is 2.34. The van der Waals surface area contributed by atoms with Crippen LogP contribution in [0.5, 0.6) is 0 Å². The molecule has 2 amide bonds. The van der Waals surface area contributed by atoms with Crippen molar-refractivity contribution in [3.05, 3.63) is 47.7 Å². The van der Waals surface area contributed by atoms with Crippen LogP contribution in [0.1, 0.15) is 49.8 Å². The van der Waals surface area contributed by atoms with Gasteiger partial charge in [-0.1, -0.05) is 30.3 Å². The SMILES string of the molecule is CC1(NC(=O)O[C@@H]2CC[C@H](c3cc(NC(=O)Cc4ccccc4)n[nH]3)C2)CCOC1. The zero-order valence-electron chi connectivity index (χ0n) is 17.1. The molecule has 1 aliphatic heterocycles. The number of carbonyl (C=O) groups is 2. The van der Waals surface area contributed by atoms with Crippen LogP contribution in [-0.4, -0.2) is 47.1 Å². The van der Waals surface area contributed by atoms with Crippen molar-refractivity contribution in [3.8, 4) is 0 Å². The van der Waals surface area contributed by atoms with Gasteiger partial charge in [0, 0.05) is 24.3 Å². The quantitative estimate of drug-likeness (QED) is 0.676. The second-order valence-corrected chi connectivity index (χ2v) is 8.44. The molecule has 3 N–H and O–H groups in total. The van der Waals surface area contributed by atoms with E-state index < -0.39 is 0 Å². The lowest BCUT2D eigenvalue weighted by molar-refractivity contribution is -0.115. The first-order valence-electron chi connectivity index (χ1n) is 10.4. The molecule has 2 heterocycles. The van der Waals surface area contributed by atoms with Crippen molar-refractivity contribution < 1.29 is 19.1 Å². The van der Waals surface area contributed by atoms with Crippen LogP contribution in [0.3, 0.4) is 0 Å². The van der Waals surface area contributed by atoms with E-state index in [1.807, 2.05) is 43.3 Å². The molecule has 1 unspecified atom stereocenters. The first kappa shape index (κ1) is 20.4. The number of aromatic amines is 1. The molecule has 2 fully saturated rings. The number of hydrogen-bond acceptors (Lipinski definition) is 5. The highest BCUT2D eigenvalue weighted by molar-refractivity contribution is 5.91. The van der Waals surface area contributed by atoms with Crippen LogP contribution in [0.25, 0.3) is 0 Å².